The molecule has 2 nitrogen and oxygen atoms in total. The minimum absolute atomic E-state index is 0.0245. The largest absolute Gasteiger partial charge is 0.395 e. The van der Waals surface area contributed by atoms with Crippen molar-refractivity contribution < 1.29 is 10.2 Å². The molecule has 0 aromatic carbocycles. The second-order valence-electron chi connectivity index (χ2n) is 5.34. The summed E-state index contributed by atoms with van der Waals surface area (Å²) in [7, 11) is 0. The van der Waals surface area contributed by atoms with E-state index in [1.165, 1.54) is 38.5 Å². The van der Waals surface area contributed by atoms with Crippen LogP contribution in [0.15, 0.2) is 0 Å². The number of rotatable bonds is 2. The molecule has 2 N–H and O–H groups in total. The minimum Gasteiger partial charge on any atom is -0.395 e. The van der Waals surface area contributed by atoms with Gasteiger partial charge in [-0.2, -0.15) is 0 Å². The van der Waals surface area contributed by atoms with Crippen molar-refractivity contribution in [3.8, 4) is 0 Å². The maximum Gasteiger partial charge on any atom is 0.0619 e. The first-order chi connectivity index (χ1) is 8.25. The van der Waals surface area contributed by atoms with Crippen molar-refractivity contribution in [2.75, 3.05) is 6.61 Å². The lowest BCUT2D eigenvalue weighted by Gasteiger charge is -2.26. The smallest absolute Gasteiger partial charge is 0.0619 e. The Hall–Kier alpha value is 0.210. The lowest BCUT2D eigenvalue weighted by Crippen LogP contribution is -2.31. The van der Waals surface area contributed by atoms with Crippen LogP contribution in [0.2, 0.25) is 0 Å². The van der Waals surface area contributed by atoms with Crippen LogP contribution in [0.3, 0.4) is 0 Å². The first-order valence-electron chi connectivity index (χ1n) is 7.18. The Morgan fingerprint density at radius 3 is 1.88 bits per heavy atom. The molecule has 3 heteroatoms. The van der Waals surface area contributed by atoms with Crippen molar-refractivity contribution in [2.24, 2.45) is 5.92 Å². The molecule has 0 radical (unpaired) electrons. The van der Waals surface area contributed by atoms with Gasteiger partial charge >= 0.3 is 0 Å². The zero-order chi connectivity index (χ0) is 12.5. The van der Waals surface area contributed by atoms with E-state index in [4.69, 9.17) is 16.7 Å². The van der Waals surface area contributed by atoms with Crippen molar-refractivity contribution in [1.29, 1.82) is 0 Å². The Morgan fingerprint density at radius 1 is 0.882 bits per heavy atom. The van der Waals surface area contributed by atoms with Gasteiger partial charge in [0.25, 0.3) is 0 Å². The molecule has 0 heterocycles. The van der Waals surface area contributed by atoms with Crippen molar-refractivity contribution in [2.45, 2.75) is 75.7 Å². The fourth-order valence-corrected chi connectivity index (χ4v) is 3.05. The topological polar surface area (TPSA) is 40.5 Å². The monoisotopic (exact) mass is 262 g/mol. The Morgan fingerprint density at radius 2 is 1.35 bits per heavy atom. The van der Waals surface area contributed by atoms with E-state index < -0.39 is 0 Å². The van der Waals surface area contributed by atoms with Crippen molar-refractivity contribution in [3.05, 3.63) is 0 Å². The van der Waals surface area contributed by atoms with E-state index in [9.17, 15) is 5.11 Å². The number of alkyl halides is 1. The van der Waals surface area contributed by atoms with Crippen molar-refractivity contribution in [3.63, 3.8) is 0 Å². The van der Waals surface area contributed by atoms with E-state index in [1.54, 1.807) is 0 Å². The summed E-state index contributed by atoms with van der Waals surface area (Å²) in [6.07, 6.45) is 11.4. The Balaban J connectivity index is 2.45. The molecule has 0 bridgehead atoms. The quantitative estimate of drug-likeness (QED) is 0.748. The molecular weight excluding hydrogens is 236 g/mol. The number of hydrogen-bond donors (Lipinski definition) is 2. The van der Waals surface area contributed by atoms with Gasteiger partial charge in [0.2, 0.25) is 0 Å². The first kappa shape index (κ1) is 15.3. The van der Waals surface area contributed by atoms with Crippen LogP contribution in [0.25, 0.3) is 0 Å². The second-order valence-corrected chi connectivity index (χ2v) is 5.90. The number of aliphatic hydroxyl groups excluding tert-OH is 2. The molecule has 1 rings (SSSR count). The average Bonchev–Trinajstić information content (AvgIpc) is 2.33. The summed E-state index contributed by atoms with van der Waals surface area (Å²) >= 11 is 6.12. The molecule has 1 aliphatic rings. The van der Waals surface area contributed by atoms with Gasteiger partial charge in [-0.1, -0.05) is 51.4 Å². The first-order valence-corrected chi connectivity index (χ1v) is 7.62. The third kappa shape index (κ3) is 6.08. The van der Waals surface area contributed by atoms with Crippen LogP contribution < -0.4 is 0 Å². The Labute approximate surface area is 110 Å². The molecule has 0 aliphatic heterocycles. The summed E-state index contributed by atoms with van der Waals surface area (Å²) < 4.78 is 0. The van der Waals surface area contributed by atoms with E-state index in [-0.39, 0.29) is 24.0 Å². The van der Waals surface area contributed by atoms with E-state index in [2.05, 4.69) is 0 Å². The van der Waals surface area contributed by atoms with E-state index in [0.29, 0.717) is 0 Å². The van der Waals surface area contributed by atoms with Crippen LogP contribution in [-0.2, 0) is 0 Å². The lowest BCUT2D eigenvalue weighted by molar-refractivity contribution is 0.0753. The van der Waals surface area contributed by atoms with Gasteiger partial charge in [-0.05, 0) is 12.8 Å². The van der Waals surface area contributed by atoms with E-state index in [1.807, 2.05) is 0 Å². The second kappa shape index (κ2) is 9.18. The highest BCUT2D eigenvalue weighted by atomic mass is 35.5. The van der Waals surface area contributed by atoms with E-state index in [0.717, 1.165) is 25.7 Å². The van der Waals surface area contributed by atoms with Crippen molar-refractivity contribution in [1.82, 2.24) is 0 Å². The molecule has 3 atom stereocenters. The van der Waals surface area contributed by atoms with E-state index >= 15 is 0 Å². The molecule has 0 spiro atoms. The zero-order valence-electron chi connectivity index (χ0n) is 10.8. The lowest BCUT2D eigenvalue weighted by atomic mass is 9.88. The summed E-state index contributed by atoms with van der Waals surface area (Å²) in [4.78, 5) is 0. The number of hydrogen-bond acceptors (Lipinski definition) is 2. The van der Waals surface area contributed by atoms with Crippen LogP contribution in [0.4, 0.5) is 0 Å². The molecule has 102 valence electrons. The summed E-state index contributed by atoms with van der Waals surface area (Å²) in [5.41, 5.74) is 0. The summed E-state index contributed by atoms with van der Waals surface area (Å²) in [6, 6.07) is 0. The third-order valence-corrected chi connectivity index (χ3v) is 4.38. The molecule has 0 aromatic rings. The summed E-state index contributed by atoms with van der Waals surface area (Å²) in [6.45, 7) is -0.0245. The highest BCUT2D eigenvalue weighted by molar-refractivity contribution is 6.20. The summed E-state index contributed by atoms with van der Waals surface area (Å²) in [5, 5.41) is 19.0. The van der Waals surface area contributed by atoms with Crippen LogP contribution in [0.1, 0.15) is 64.2 Å². The van der Waals surface area contributed by atoms with Gasteiger partial charge in [0.05, 0.1) is 18.1 Å². The maximum atomic E-state index is 10.2. The normalized spacial score (nSPS) is 31.2. The maximum absolute atomic E-state index is 10.2. The van der Waals surface area contributed by atoms with Gasteiger partial charge in [0.15, 0.2) is 0 Å². The SMILES string of the molecule is OC[C@H](Cl)[C@@H]1CCCCCCCCCC[C@H]1O. The molecule has 0 saturated heterocycles. The number of halogens is 1. The average molecular weight is 263 g/mol. The minimum atomic E-state index is -0.330. The molecule has 1 saturated carbocycles. The number of aliphatic hydroxyl groups is 2. The third-order valence-electron chi connectivity index (χ3n) is 3.92. The van der Waals surface area contributed by atoms with Gasteiger partial charge in [-0.25, -0.2) is 0 Å². The Bertz CT molecular complexity index is 187. The molecule has 1 aliphatic carbocycles. The predicted molar refractivity (Wildman–Crippen MR) is 72.4 cm³/mol. The highest BCUT2D eigenvalue weighted by Crippen LogP contribution is 2.26. The van der Waals surface area contributed by atoms with Crippen molar-refractivity contribution >= 4 is 11.6 Å². The van der Waals surface area contributed by atoms with Crippen LogP contribution in [-0.4, -0.2) is 28.3 Å². The standard InChI is InChI=1S/C14H27ClO2/c15-13(11-16)12-9-7-5-3-1-2-4-6-8-10-14(12)17/h12-14,16-17H,1-11H2/t12-,13-,14+/m0/s1. The fourth-order valence-electron chi connectivity index (χ4n) is 2.76. The molecule has 0 amide bonds. The van der Waals surface area contributed by atoms with Gasteiger partial charge in [0.1, 0.15) is 0 Å². The van der Waals surface area contributed by atoms with Gasteiger partial charge < -0.3 is 10.2 Å². The Kier molecular flexibility index (Phi) is 8.25. The van der Waals surface area contributed by atoms with Gasteiger partial charge in [-0.15, -0.1) is 11.6 Å². The fraction of sp³-hybridized carbons (Fsp3) is 1.00. The summed E-state index contributed by atoms with van der Waals surface area (Å²) in [5.74, 6) is 0.0705. The van der Waals surface area contributed by atoms with Crippen LogP contribution >= 0.6 is 11.6 Å². The molecule has 17 heavy (non-hydrogen) atoms. The highest BCUT2D eigenvalue weighted by Gasteiger charge is 2.25. The van der Waals surface area contributed by atoms with Gasteiger partial charge in [-0.3, -0.25) is 0 Å². The van der Waals surface area contributed by atoms with Crippen LogP contribution in [0, 0.1) is 5.92 Å². The van der Waals surface area contributed by atoms with Gasteiger partial charge in [0, 0.05) is 5.92 Å². The molecular formula is C14H27ClO2. The molecule has 0 unspecified atom stereocenters. The zero-order valence-corrected chi connectivity index (χ0v) is 11.5. The van der Waals surface area contributed by atoms with Crippen LogP contribution in [0.5, 0.6) is 0 Å². The molecule has 0 aromatic heterocycles. The molecule has 1 fully saturated rings. The predicted octanol–water partition coefficient (Wildman–Crippen LogP) is 3.48.